The molecule has 0 bridgehead atoms. The Morgan fingerprint density at radius 1 is 1.21 bits per heavy atom. The summed E-state index contributed by atoms with van der Waals surface area (Å²) < 4.78 is 24.9. The summed E-state index contributed by atoms with van der Waals surface area (Å²) in [5, 5.41) is 3.04. The molecule has 1 N–H and O–H groups in total. The third-order valence-corrected chi connectivity index (χ3v) is 7.41. The van der Waals surface area contributed by atoms with Crippen molar-refractivity contribution in [1.82, 2.24) is 9.62 Å². The van der Waals surface area contributed by atoms with E-state index in [0.29, 0.717) is 13.1 Å². The number of rotatable bonds is 3. The zero-order valence-corrected chi connectivity index (χ0v) is 15.8. The summed E-state index contributed by atoms with van der Waals surface area (Å²) in [5.41, 5.74) is 1.34. The topological polar surface area (TPSA) is 66.5 Å². The third-order valence-electron chi connectivity index (χ3n) is 4.91. The van der Waals surface area contributed by atoms with E-state index in [1.165, 1.54) is 46.7 Å². The Morgan fingerprint density at radius 2 is 1.96 bits per heavy atom. The number of sulfonamides is 1. The average molecular weight is 371 g/mol. The van der Waals surface area contributed by atoms with Crippen LogP contribution in [0.1, 0.15) is 58.6 Å². The number of nitrogens with one attached hydrogen (secondary N) is 1. The number of aryl methyl sites for hydroxylation is 2. The highest BCUT2D eigenvalue weighted by Crippen LogP contribution is 2.28. The van der Waals surface area contributed by atoms with Gasteiger partial charge in [0.25, 0.3) is 5.91 Å². The number of thiophene rings is 1. The van der Waals surface area contributed by atoms with Crippen LogP contribution in [0.15, 0.2) is 6.07 Å². The predicted molar refractivity (Wildman–Crippen MR) is 97.1 cm³/mol. The quantitative estimate of drug-likeness (QED) is 0.889. The van der Waals surface area contributed by atoms with E-state index in [1.807, 2.05) is 0 Å². The highest BCUT2D eigenvalue weighted by atomic mass is 32.2. The van der Waals surface area contributed by atoms with Crippen LogP contribution in [0.2, 0.25) is 0 Å². The van der Waals surface area contributed by atoms with Crippen LogP contribution >= 0.6 is 11.3 Å². The molecule has 1 aromatic heterocycles. The van der Waals surface area contributed by atoms with Crippen LogP contribution in [-0.4, -0.2) is 44.0 Å². The van der Waals surface area contributed by atoms with E-state index in [0.717, 1.165) is 30.6 Å². The van der Waals surface area contributed by atoms with Gasteiger partial charge in [-0.05, 0) is 50.2 Å². The molecule has 5 nitrogen and oxygen atoms in total. The van der Waals surface area contributed by atoms with Gasteiger partial charge in [0.15, 0.2) is 0 Å². The van der Waals surface area contributed by atoms with Crippen molar-refractivity contribution in [3.8, 4) is 0 Å². The molecule has 0 radical (unpaired) electrons. The van der Waals surface area contributed by atoms with Crippen molar-refractivity contribution in [1.29, 1.82) is 0 Å². The van der Waals surface area contributed by atoms with Crippen molar-refractivity contribution in [2.75, 3.05) is 19.3 Å². The van der Waals surface area contributed by atoms with Crippen LogP contribution in [0.3, 0.4) is 0 Å². The van der Waals surface area contributed by atoms with E-state index in [-0.39, 0.29) is 11.9 Å². The standard InChI is InChI=1S/C17H26N2O3S2/c1-24(21,22)19-10-6-8-14(12-19)18-17(20)16-11-13-7-4-2-3-5-9-15(13)23-16/h11,14H,2-10,12H2,1H3,(H,18,20). The summed E-state index contributed by atoms with van der Waals surface area (Å²) in [5.74, 6) is -0.0490. The summed E-state index contributed by atoms with van der Waals surface area (Å²) in [6.45, 7) is 0.939. The zero-order valence-electron chi connectivity index (χ0n) is 14.2. The smallest absolute Gasteiger partial charge is 0.261 e. The first kappa shape index (κ1) is 17.9. The molecule has 1 amide bonds. The molecule has 1 atom stereocenters. The number of hydrogen-bond acceptors (Lipinski definition) is 4. The van der Waals surface area contributed by atoms with Crippen molar-refractivity contribution < 1.29 is 13.2 Å². The van der Waals surface area contributed by atoms with Crippen LogP contribution in [0, 0.1) is 0 Å². The lowest BCUT2D eigenvalue weighted by Crippen LogP contribution is -2.49. The molecular formula is C17H26N2O3S2. The fraction of sp³-hybridized carbons (Fsp3) is 0.706. The Kier molecular flexibility index (Phi) is 5.62. The Morgan fingerprint density at radius 3 is 2.71 bits per heavy atom. The molecule has 1 aliphatic heterocycles. The number of amides is 1. The van der Waals surface area contributed by atoms with Gasteiger partial charge in [-0.25, -0.2) is 12.7 Å². The molecule has 7 heteroatoms. The highest BCUT2D eigenvalue weighted by molar-refractivity contribution is 7.88. The zero-order chi connectivity index (χ0) is 17.2. The molecule has 2 aliphatic rings. The maximum atomic E-state index is 12.6. The van der Waals surface area contributed by atoms with E-state index in [2.05, 4.69) is 11.4 Å². The van der Waals surface area contributed by atoms with Crippen LogP contribution in [0.4, 0.5) is 0 Å². The van der Waals surface area contributed by atoms with Gasteiger partial charge in [-0.2, -0.15) is 0 Å². The first-order valence-corrected chi connectivity index (χ1v) is 11.5. The van der Waals surface area contributed by atoms with Crippen molar-refractivity contribution in [2.24, 2.45) is 0 Å². The van der Waals surface area contributed by atoms with Gasteiger partial charge in [-0.15, -0.1) is 11.3 Å². The van der Waals surface area contributed by atoms with E-state index in [1.54, 1.807) is 11.3 Å². The highest BCUT2D eigenvalue weighted by Gasteiger charge is 2.27. The lowest BCUT2D eigenvalue weighted by atomic mass is 10.00. The minimum absolute atomic E-state index is 0.0490. The van der Waals surface area contributed by atoms with Gasteiger partial charge in [-0.3, -0.25) is 4.79 Å². The molecular weight excluding hydrogens is 344 g/mol. The number of carbonyl (C=O) groups is 1. The summed E-state index contributed by atoms with van der Waals surface area (Å²) >= 11 is 1.62. The fourth-order valence-corrected chi connectivity index (χ4v) is 5.64. The fourth-order valence-electron chi connectivity index (χ4n) is 3.57. The molecule has 0 saturated carbocycles. The second-order valence-electron chi connectivity index (χ2n) is 6.91. The van der Waals surface area contributed by atoms with Gasteiger partial charge in [-0.1, -0.05) is 12.8 Å². The Bertz CT molecular complexity index is 671. The van der Waals surface area contributed by atoms with Crippen LogP contribution in [0.25, 0.3) is 0 Å². The molecule has 0 aromatic carbocycles. The third kappa shape index (κ3) is 4.37. The minimum atomic E-state index is -3.18. The molecule has 0 spiro atoms. The monoisotopic (exact) mass is 370 g/mol. The van der Waals surface area contributed by atoms with Crippen LogP contribution < -0.4 is 5.32 Å². The van der Waals surface area contributed by atoms with Gasteiger partial charge in [0.1, 0.15) is 0 Å². The Labute approximate surface area is 148 Å². The molecule has 1 aliphatic carbocycles. The van der Waals surface area contributed by atoms with E-state index in [4.69, 9.17) is 0 Å². The summed E-state index contributed by atoms with van der Waals surface area (Å²) in [6.07, 6.45) is 9.99. The van der Waals surface area contributed by atoms with Gasteiger partial charge in [0, 0.05) is 24.0 Å². The maximum absolute atomic E-state index is 12.6. The second kappa shape index (κ2) is 7.54. The first-order valence-electron chi connectivity index (χ1n) is 8.81. The number of fused-ring (bicyclic) bond motifs is 1. The van der Waals surface area contributed by atoms with Gasteiger partial charge >= 0.3 is 0 Å². The van der Waals surface area contributed by atoms with Gasteiger partial charge in [0.05, 0.1) is 11.1 Å². The molecule has 1 fully saturated rings. The molecule has 1 unspecified atom stereocenters. The molecule has 2 heterocycles. The first-order chi connectivity index (χ1) is 11.4. The van der Waals surface area contributed by atoms with Crippen LogP contribution in [0.5, 0.6) is 0 Å². The summed E-state index contributed by atoms with van der Waals surface area (Å²) in [6, 6.07) is 1.96. The van der Waals surface area contributed by atoms with Crippen molar-refractivity contribution in [3.63, 3.8) is 0 Å². The second-order valence-corrected chi connectivity index (χ2v) is 10.0. The van der Waals surface area contributed by atoms with E-state index in [9.17, 15) is 13.2 Å². The maximum Gasteiger partial charge on any atom is 0.261 e. The van der Waals surface area contributed by atoms with Gasteiger partial charge in [0.2, 0.25) is 10.0 Å². The largest absolute Gasteiger partial charge is 0.347 e. The number of carbonyl (C=O) groups excluding carboxylic acids is 1. The average Bonchev–Trinajstić information content (AvgIpc) is 2.89. The molecule has 1 saturated heterocycles. The van der Waals surface area contributed by atoms with Crippen molar-refractivity contribution in [3.05, 3.63) is 21.4 Å². The lowest BCUT2D eigenvalue weighted by Gasteiger charge is -2.31. The normalized spacial score (nSPS) is 23.1. The van der Waals surface area contributed by atoms with E-state index >= 15 is 0 Å². The number of piperidine rings is 1. The van der Waals surface area contributed by atoms with Crippen molar-refractivity contribution >= 4 is 27.3 Å². The molecule has 3 rings (SSSR count). The van der Waals surface area contributed by atoms with Crippen molar-refractivity contribution in [2.45, 2.75) is 57.4 Å². The molecule has 1 aromatic rings. The van der Waals surface area contributed by atoms with Gasteiger partial charge < -0.3 is 5.32 Å². The number of hydrogen-bond donors (Lipinski definition) is 1. The summed E-state index contributed by atoms with van der Waals surface area (Å²) in [4.78, 5) is 14.7. The summed E-state index contributed by atoms with van der Waals surface area (Å²) in [7, 11) is -3.18. The SMILES string of the molecule is CS(=O)(=O)N1CCCC(NC(=O)c2cc3c(s2)CCCCCC3)C1. The predicted octanol–water partition coefficient (Wildman–Crippen LogP) is 2.56. The Balaban J connectivity index is 1.65. The molecule has 24 heavy (non-hydrogen) atoms. The molecule has 134 valence electrons. The number of nitrogens with zero attached hydrogens (tertiary/aromatic N) is 1. The van der Waals surface area contributed by atoms with E-state index < -0.39 is 10.0 Å². The van der Waals surface area contributed by atoms with Crippen LogP contribution in [-0.2, 0) is 22.9 Å². The lowest BCUT2D eigenvalue weighted by molar-refractivity contribution is 0.0925. The minimum Gasteiger partial charge on any atom is -0.347 e. The Hall–Kier alpha value is -0.920.